The SMILES string of the molecule is CCc1ccc(NC(=O)CCc2ccccc2F)cc1. The average Bonchev–Trinajstić information content (AvgIpc) is 2.47. The minimum Gasteiger partial charge on any atom is -0.326 e. The Morgan fingerprint density at radius 1 is 1.10 bits per heavy atom. The van der Waals surface area contributed by atoms with E-state index < -0.39 is 0 Å². The molecule has 3 heteroatoms. The maximum absolute atomic E-state index is 13.4. The number of aryl methyl sites for hydroxylation is 2. The number of halogens is 1. The molecule has 0 aromatic heterocycles. The molecule has 2 aromatic rings. The minimum atomic E-state index is -0.257. The van der Waals surface area contributed by atoms with E-state index >= 15 is 0 Å². The second kappa shape index (κ2) is 6.85. The lowest BCUT2D eigenvalue weighted by molar-refractivity contribution is -0.116. The van der Waals surface area contributed by atoms with Crippen LogP contribution in [0.15, 0.2) is 48.5 Å². The van der Waals surface area contributed by atoms with Crippen molar-refractivity contribution >= 4 is 11.6 Å². The van der Waals surface area contributed by atoms with E-state index in [1.54, 1.807) is 18.2 Å². The van der Waals surface area contributed by atoms with Crippen LogP contribution in [-0.4, -0.2) is 5.91 Å². The van der Waals surface area contributed by atoms with Crippen molar-refractivity contribution in [2.24, 2.45) is 0 Å². The molecule has 2 nitrogen and oxygen atoms in total. The van der Waals surface area contributed by atoms with Crippen LogP contribution in [0.1, 0.15) is 24.5 Å². The number of benzene rings is 2. The third-order valence-electron chi connectivity index (χ3n) is 3.23. The molecule has 0 unspecified atom stereocenters. The predicted octanol–water partition coefficient (Wildman–Crippen LogP) is 3.96. The highest BCUT2D eigenvalue weighted by molar-refractivity contribution is 5.90. The molecule has 0 heterocycles. The zero-order valence-corrected chi connectivity index (χ0v) is 11.5. The maximum Gasteiger partial charge on any atom is 0.224 e. The summed E-state index contributed by atoms with van der Waals surface area (Å²) in [4.78, 5) is 11.8. The Morgan fingerprint density at radius 3 is 2.45 bits per heavy atom. The number of nitrogens with one attached hydrogen (secondary N) is 1. The second-order valence-electron chi connectivity index (χ2n) is 4.69. The first-order valence-corrected chi connectivity index (χ1v) is 6.81. The molecule has 0 saturated heterocycles. The minimum absolute atomic E-state index is 0.0995. The largest absolute Gasteiger partial charge is 0.326 e. The Hall–Kier alpha value is -2.16. The summed E-state index contributed by atoms with van der Waals surface area (Å²) in [6.07, 6.45) is 1.66. The first-order chi connectivity index (χ1) is 9.69. The van der Waals surface area contributed by atoms with Crippen LogP contribution in [0.25, 0.3) is 0 Å². The molecule has 0 aliphatic rings. The Bertz CT molecular complexity index is 578. The summed E-state index contributed by atoms with van der Waals surface area (Å²) < 4.78 is 13.4. The quantitative estimate of drug-likeness (QED) is 0.876. The first-order valence-electron chi connectivity index (χ1n) is 6.81. The highest BCUT2D eigenvalue weighted by Crippen LogP contribution is 2.12. The summed E-state index contributed by atoms with van der Waals surface area (Å²) in [6, 6.07) is 14.3. The van der Waals surface area contributed by atoms with Crippen LogP contribution in [0, 0.1) is 5.82 Å². The van der Waals surface area contributed by atoms with Gasteiger partial charge in [-0.25, -0.2) is 4.39 Å². The van der Waals surface area contributed by atoms with Gasteiger partial charge in [-0.15, -0.1) is 0 Å². The summed E-state index contributed by atoms with van der Waals surface area (Å²) in [5, 5.41) is 2.82. The highest BCUT2D eigenvalue weighted by Gasteiger charge is 2.06. The van der Waals surface area contributed by atoms with Crippen molar-refractivity contribution in [3.8, 4) is 0 Å². The number of rotatable bonds is 5. The zero-order chi connectivity index (χ0) is 14.4. The number of carbonyl (C=O) groups excluding carboxylic acids is 1. The smallest absolute Gasteiger partial charge is 0.224 e. The molecule has 20 heavy (non-hydrogen) atoms. The van der Waals surface area contributed by atoms with Crippen molar-refractivity contribution in [2.45, 2.75) is 26.2 Å². The molecule has 0 saturated carbocycles. The van der Waals surface area contributed by atoms with Crippen molar-refractivity contribution in [3.05, 3.63) is 65.5 Å². The molecule has 2 rings (SSSR count). The molecule has 0 fully saturated rings. The van der Waals surface area contributed by atoms with Crippen LogP contribution in [0.3, 0.4) is 0 Å². The van der Waals surface area contributed by atoms with Gasteiger partial charge in [-0.3, -0.25) is 4.79 Å². The normalized spacial score (nSPS) is 10.3. The van der Waals surface area contributed by atoms with Crippen LogP contribution in [-0.2, 0) is 17.6 Å². The number of amides is 1. The number of anilines is 1. The van der Waals surface area contributed by atoms with Crippen molar-refractivity contribution < 1.29 is 9.18 Å². The third-order valence-corrected chi connectivity index (χ3v) is 3.23. The third kappa shape index (κ3) is 3.92. The van der Waals surface area contributed by atoms with Gasteiger partial charge in [0.1, 0.15) is 5.82 Å². The van der Waals surface area contributed by atoms with Gasteiger partial charge < -0.3 is 5.32 Å². The molecule has 2 aromatic carbocycles. The topological polar surface area (TPSA) is 29.1 Å². The summed E-state index contributed by atoms with van der Waals surface area (Å²) in [7, 11) is 0. The molecule has 0 radical (unpaired) electrons. The summed E-state index contributed by atoms with van der Waals surface area (Å²) in [6.45, 7) is 2.09. The molecule has 0 atom stereocenters. The Labute approximate surface area is 118 Å². The van der Waals surface area contributed by atoms with E-state index in [9.17, 15) is 9.18 Å². The van der Waals surface area contributed by atoms with Crippen LogP contribution in [0.2, 0.25) is 0 Å². The van der Waals surface area contributed by atoms with Crippen molar-refractivity contribution in [1.82, 2.24) is 0 Å². The lowest BCUT2D eigenvalue weighted by atomic mass is 10.1. The highest BCUT2D eigenvalue weighted by atomic mass is 19.1. The van der Waals surface area contributed by atoms with Gasteiger partial charge in [-0.05, 0) is 42.2 Å². The van der Waals surface area contributed by atoms with Gasteiger partial charge in [-0.2, -0.15) is 0 Å². The lowest BCUT2D eigenvalue weighted by Crippen LogP contribution is -2.12. The molecule has 0 bridgehead atoms. The predicted molar refractivity (Wildman–Crippen MR) is 79.2 cm³/mol. The van der Waals surface area contributed by atoms with E-state index in [1.165, 1.54) is 11.6 Å². The Morgan fingerprint density at radius 2 is 1.80 bits per heavy atom. The summed E-state index contributed by atoms with van der Waals surface area (Å²) in [5.74, 6) is -0.356. The Kier molecular flexibility index (Phi) is 4.88. The van der Waals surface area contributed by atoms with Gasteiger partial charge >= 0.3 is 0 Å². The molecule has 104 valence electrons. The molecule has 1 N–H and O–H groups in total. The number of hydrogen-bond donors (Lipinski definition) is 1. The zero-order valence-electron chi connectivity index (χ0n) is 11.5. The maximum atomic E-state index is 13.4. The van der Waals surface area contributed by atoms with Crippen molar-refractivity contribution in [3.63, 3.8) is 0 Å². The molecule has 0 spiro atoms. The number of hydrogen-bond acceptors (Lipinski definition) is 1. The number of carbonyl (C=O) groups is 1. The lowest BCUT2D eigenvalue weighted by Gasteiger charge is -2.06. The van der Waals surface area contributed by atoms with Crippen LogP contribution >= 0.6 is 0 Å². The van der Waals surface area contributed by atoms with Gasteiger partial charge in [0, 0.05) is 12.1 Å². The summed E-state index contributed by atoms with van der Waals surface area (Å²) in [5.41, 5.74) is 2.58. The monoisotopic (exact) mass is 271 g/mol. The van der Waals surface area contributed by atoms with Crippen LogP contribution in [0.4, 0.5) is 10.1 Å². The van der Waals surface area contributed by atoms with E-state index in [0.717, 1.165) is 12.1 Å². The fourth-order valence-corrected chi connectivity index (χ4v) is 2.00. The average molecular weight is 271 g/mol. The molecular formula is C17H18FNO. The van der Waals surface area contributed by atoms with Gasteiger partial charge in [-0.1, -0.05) is 37.3 Å². The second-order valence-corrected chi connectivity index (χ2v) is 4.69. The summed E-state index contributed by atoms with van der Waals surface area (Å²) >= 11 is 0. The van der Waals surface area contributed by atoms with E-state index in [1.807, 2.05) is 24.3 Å². The molecule has 0 aliphatic carbocycles. The van der Waals surface area contributed by atoms with E-state index in [2.05, 4.69) is 12.2 Å². The fraction of sp³-hybridized carbons (Fsp3) is 0.235. The first kappa shape index (κ1) is 14.3. The van der Waals surface area contributed by atoms with E-state index in [4.69, 9.17) is 0 Å². The van der Waals surface area contributed by atoms with Gasteiger partial charge in [0.2, 0.25) is 5.91 Å². The van der Waals surface area contributed by atoms with E-state index in [0.29, 0.717) is 12.0 Å². The van der Waals surface area contributed by atoms with Crippen molar-refractivity contribution in [2.75, 3.05) is 5.32 Å². The molecule has 1 amide bonds. The molecule has 0 aliphatic heterocycles. The van der Waals surface area contributed by atoms with E-state index in [-0.39, 0.29) is 18.1 Å². The van der Waals surface area contributed by atoms with Gasteiger partial charge in [0.05, 0.1) is 0 Å². The fourth-order valence-electron chi connectivity index (χ4n) is 2.00. The van der Waals surface area contributed by atoms with Gasteiger partial charge in [0.15, 0.2) is 0 Å². The molecular weight excluding hydrogens is 253 g/mol. The van der Waals surface area contributed by atoms with Crippen molar-refractivity contribution in [1.29, 1.82) is 0 Å². The Balaban J connectivity index is 1.87. The van der Waals surface area contributed by atoms with Crippen LogP contribution in [0.5, 0.6) is 0 Å². The van der Waals surface area contributed by atoms with Crippen LogP contribution < -0.4 is 5.32 Å². The standard InChI is InChI=1S/C17H18FNO/c1-2-13-7-10-15(11-8-13)19-17(20)12-9-14-5-3-4-6-16(14)18/h3-8,10-11H,2,9,12H2,1H3,(H,19,20). The van der Waals surface area contributed by atoms with Gasteiger partial charge in [0.25, 0.3) is 0 Å².